The highest BCUT2D eigenvalue weighted by Crippen LogP contribution is 2.34. The Morgan fingerprint density at radius 2 is 1.89 bits per heavy atom. The molecule has 2 aromatic heterocycles. The summed E-state index contributed by atoms with van der Waals surface area (Å²) in [6, 6.07) is 10.1. The molecule has 0 aliphatic carbocycles. The molecule has 1 aromatic carbocycles. The fourth-order valence-electron chi connectivity index (χ4n) is 4.14. The van der Waals surface area contributed by atoms with Gasteiger partial charge in [-0.25, -0.2) is 8.42 Å². The number of fused-ring (bicyclic) bond motifs is 3. The molecule has 1 aliphatic rings. The summed E-state index contributed by atoms with van der Waals surface area (Å²) >= 11 is 0. The molecular formula is C22H29N3O2S. The zero-order valence-electron chi connectivity index (χ0n) is 16.0. The predicted molar refractivity (Wildman–Crippen MR) is 115 cm³/mol. The molecule has 28 heavy (non-hydrogen) atoms. The predicted octanol–water partition coefficient (Wildman–Crippen LogP) is 3.75. The van der Waals surface area contributed by atoms with Crippen molar-refractivity contribution in [1.29, 1.82) is 0 Å². The lowest BCUT2D eigenvalue weighted by Crippen LogP contribution is -2.28. The maximum atomic E-state index is 12.6. The van der Waals surface area contributed by atoms with Gasteiger partial charge in [-0.15, -0.1) is 0 Å². The molecule has 0 spiro atoms. The van der Waals surface area contributed by atoms with Crippen molar-refractivity contribution in [3.05, 3.63) is 65.1 Å². The summed E-state index contributed by atoms with van der Waals surface area (Å²) in [5, 5.41) is 0.666. The summed E-state index contributed by atoms with van der Waals surface area (Å²) in [5.41, 5.74) is 5.76. The third-order valence-corrected chi connectivity index (χ3v) is 7.00. The van der Waals surface area contributed by atoms with Crippen LogP contribution in [-0.2, 0) is 29.3 Å². The smallest absolute Gasteiger partial charge is 0.156 e. The van der Waals surface area contributed by atoms with E-state index in [1.165, 1.54) is 28.5 Å². The summed E-state index contributed by atoms with van der Waals surface area (Å²) in [4.78, 5) is 6.36. The number of aryl methyl sites for hydroxylation is 1. The third kappa shape index (κ3) is 3.71. The van der Waals surface area contributed by atoms with Crippen LogP contribution in [0.3, 0.4) is 0 Å². The average molecular weight is 400 g/mol. The van der Waals surface area contributed by atoms with Crippen LogP contribution < -0.4 is 0 Å². The van der Waals surface area contributed by atoms with Crippen LogP contribution in [0.15, 0.2) is 42.7 Å². The molecule has 0 saturated carbocycles. The minimum atomic E-state index is -3.27. The molecule has 6 heteroatoms. The van der Waals surface area contributed by atoms with Gasteiger partial charge in [0.05, 0.1) is 0 Å². The second-order valence-electron chi connectivity index (χ2n) is 7.64. The Morgan fingerprint density at radius 3 is 2.57 bits per heavy atom. The van der Waals surface area contributed by atoms with Crippen LogP contribution in [0.25, 0.3) is 10.9 Å². The van der Waals surface area contributed by atoms with Crippen LogP contribution in [0.1, 0.15) is 35.1 Å². The Morgan fingerprint density at radius 1 is 1.18 bits per heavy atom. The largest absolute Gasteiger partial charge is 0.343 e. The number of hydrogen-bond donors (Lipinski definition) is 0. The third-order valence-electron chi connectivity index (χ3n) is 5.54. The molecule has 150 valence electrons. The van der Waals surface area contributed by atoms with Crippen molar-refractivity contribution >= 4 is 20.7 Å². The molecule has 0 N–H and O–H groups in total. The first kappa shape index (κ1) is 20.6. The number of aromatic nitrogens is 2. The molecule has 1 atom stereocenters. The SMILES string of the molecule is C.Cc1ccc2c(c1)c1c(n2CC(c2ccncc2)S(C)(=O)=O)CCN(C)C1. The Balaban J connectivity index is 0.00000225. The van der Waals surface area contributed by atoms with Crippen molar-refractivity contribution in [2.75, 3.05) is 19.8 Å². The first-order chi connectivity index (χ1) is 12.8. The van der Waals surface area contributed by atoms with Crippen LogP contribution in [0.4, 0.5) is 0 Å². The van der Waals surface area contributed by atoms with Gasteiger partial charge in [0.2, 0.25) is 0 Å². The van der Waals surface area contributed by atoms with Gasteiger partial charge < -0.3 is 9.47 Å². The lowest BCUT2D eigenvalue weighted by molar-refractivity contribution is 0.309. The molecule has 0 radical (unpaired) electrons. The first-order valence-corrected chi connectivity index (χ1v) is 11.2. The van der Waals surface area contributed by atoms with Gasteiger partial charge in [0.1, 0.15) is 5.25 Å². The number of likely N-dealkylation sites (N-methyl/N-ethyl adjacent to an activating group) is 1. The summed E-state index contributed by atoms with van der Waals surface area (Å²) < 4.78 is 27.5. The highest BCUT2D eigenvalue weighted by molar-refractivity contribution is 7.90. The van der Waals surface area contributed by atoms with Crippen LogP contribution in [-0.4, -0.2) is 42.7 Å². The van der Waals surface area contributed by atoms with Crippen LogP contribution in [0.2, 0.25) is 0 Å². The van der Waals surface area contributed by atoms with Crippen molar-refractivity contribution in [3.8, 4) is 0 Å². The van der Waals surface area contributed by atoms with Crippen molar-refractivity contribution in [2.45, 2.75) is 39.1 Å². The average Bonchev–Trinajstić information content (AvgIpc) is 2.91. The Bertz CT molecular complexity index is 1090. The fourth-order valence-corrected chi connectivity index (χ4v) is 5.21. The van der Waals surface area contributed by atoms with E-state index >= 15 is 0 Å². The lowest BCUT2D eigenvalue weighted by atomic mass is 10.0. The molecule has 0 saturated heterocycles. The molecule has 1 aliphatic heterocycles. The van der Waals surface area contributed by atoms with Gasteiger partial charge in [0.25, 0.3) is 0 Å². The van der Waals surface area contributed by atoms with E-state index in [-0.39, 0.29) is 7.43 Å². The summed E-state index contributed by atoms with van der Waals surface area (Å²) in [6.45, 7) is 4.43. The van der Waals surface area contributed by atoms with E-state index in [1.54, 1.807) is 12.4 Å². The summed E-state index contributed by atoms with van der Waals surface area (Å²) in [5.74, 6) is 0. The van der Waals surface area contributed by atoms with E-state index in [1.807, 2.05) is 12.1 Å². The van der Waals surface area contributed by atoms with E-state index in [4.69, 9.17) is 0 Å². The molecule has 4 rings (SSSR count). The Hall–Kier alpha value is -2.18. The number of pyridine rings is 1. The maximum Gasteiger partial charge on any atom is 0.156 e. The number of nitrogens with zero attached hydrogens (tertiary/aromatic N) is 3. The minimum absolute atomic E-state index is 0. The van der Waals surface area contributed by atoms with E-state index in [9.17, 15) is 8.42 Å². The van der Waals surface area contributed by atoms with Gasteiger partial charge in [-0.2, -0.15) is 0 Å². The summed E-state index contributed by atoms with van der Waals surface area (Å²) in [6.07, 6.45) is 5.59. The highest BCUT2D eigenvalue weighted by atomic mass is 32.2. The van der Waals surface area contributed by atoms with Crippen LogP contribution >= 0.6 is 0 Å². The van der Waals surface area contributed by atoms with Gasteiger partial charge in [0.15, 0.2) is 9.84 Å². The minimum Gasteiger partial charge on any atom is -0.343 e. The van der Waals surface area contributed by atoms with Gasteiger partial charge in [-0.05, 0) is 49.4 Å². The number of rotatable bonds is 4. The molecule has 1 unspecified atom stereocenters. The van der Waals surface area contributed by atoms with E-state index < -0.39 is 15.1 Å². The molecular weight excluding hydrogens is 370 g/mol. The van der Waals surface area contributed by atoms with Gasteiger partial charge >= 0.3 is 0 Å². The Kier molecular flexibility index (Phi) is 5.64. The number of sulfone groups is 1. The normalized spacial score (nSPS) is 15.8. The van der Waals surface area contributed by atoms with E-state index in [2.05, 4.69) is 46.6 Å². The number of hydrogen-bond acceptors (Lipinski definition) is 4. The second kappa shape index (κ2) is 7.68. The van der Waals surface area contributed by atoms with Crippen LogP contribution in [0.5, 0.6) is 0 Å². The monoisotopic (exact) mass is 399 g/mol. The topological polar surface area (TPSA) is 55.2 Å². The van der Waals surface area contributed by atoms with E-state index in [0.717, 1.165) is 30.6 Å². The van der Waals surface area contributed by atoms with E-state index in [0.29, 0.717) is 6.54 Å². The zero-order valence-corrected chi connectivity index (χ0v) is 16.8. The molecule has 0 fully saturated rings. The van der Waals surface area contributed by atoms with Gasteiger partial charge in [-0.3, -0.25) is 4.98 Å². The second-order valence-corrected chi connectivity index (χ2v) is 9.87. The van der Waals surface area contributed by atoms with Crippen LogP contribution in [0, 0.1) is 6.92 Å². The molecule has 5 nitrogen and oxygen atoms in total. The number of benzene rings is 1. The van der Waals surface area contributed by atoms with Crippen molar-refractivity contribution in [2.24, 2.45) is 0 Å². The quantitative estimate of drug-likeness (QED) is 0.670. The maximum absolute atomic E-state index is 12.6. The van der Waals surface area contributed by atoms with Crippen molar-refractivity contribution in [3.63, 3.8) is 0 Å². The highest BCUT2D eigenvalue weighted by Gasteiger charge is 2.28. The van der Waals surface area contributed by atoms with Gasteiger partial charge in [0, 0.05) is 61.3 Å². The van der Waals surface area contributed by atoms with Crippen molar-refractivity contribution in [1.82, 2.24) is 14.5 Å². The standard InChI is InChI=1S/C21H25N3O2S.CH4/c1-15-4-5-19-17(12-15)18-13-23(2)11-8-20(18)24(19)14-21(27(3,25)26)16-6-9-22-10-7-16;/h4-7,9-10,12,21H,8,11,13-14H2,1-3H3;1H4. The lowest BCUT2D eigenvalue weighted by Gasteiger charge is -2.25. The zero-order chi connectivity index (χ0) is 19.2. The van der Waals surface area contributed by atoms with Crippen molar-refractivity contribution < 1.29 is 8.42 Å². The summed E-state index contributed by atoms with van der Waals surface area (Å²) in [7, 11) is -1.13. The molecule has 3 heterocycles. The molecule has 3 aromatic rings. The molecule has 0 amide bonds. The van der Waals surface area contributed by atoms with Gasteiger partial charge in [-0.1, -0.05) is 19.1 Å². The fraction of sp³-hybridized carbons (Fsp3) is 0.409. The Labute approximate surface area is 167 Å². The first-order valence-electron chi connectivity index (χ1n) is 9.22. The molecule has 0 bridgehead atoms.